The minimum absolute atomic E-state index is 0.0229. The van der Waals surface area contributed by atoms with Crippen LogP contribution >= 0.6 is 24.0 Å². The van der Waals surface area contributed by atoms with Crippen LogP contribution in [-0.4, -0.2) is 47.4 Å². The maximum Gasteiger partial charge on any atom is 0.238 e. The molecule has 3 aromatic rings. The largest absolute Gasteiger partial charge is 0.494 e. The third-order valence-electron chi connectivity index (χ3n) is 6.07. The molecule has 0 spiro atoms. The van der Waals surface area contributed by atoms with Gasteiger partial charge in [0.05, 0.1) is 12.0 Å². The van der Waals surface area contributed by atoms with Crippen LogP contribution in [0.4, 0.5) is 4.39 Å². The van der Waals surface area contributed by atoms with Crippen LogP contribution in [-0.2, 0) is 10.0 Å². The van der Waals surface area contributed by atoms with Gasteiger partial charge in [0, 0.05) is 29.3 Å². The molecule has 192 valence electrons. The molecular weight excluding hydrogens is 525 g/mol. The summed E-state index contributed by atoms with van der Waals surface area (Å²) in [6, 6.07) is 10.5. The van der Waals surface area contributed by atoms with Crippen molar-refractivity contribution in [2.24, 2.45) is 5.14 Å². The lowest BCUT2D eigenvalue weighted by molar-refractivity contribution is 0.0204. The molecule has 4 rings (SSSR count). The SMILES string of the molecule is COc1ccc(-c2nc(C3CCC(SC(=S)N(C)O)CC3)oc2-c2ccc(S(N)(=O)=O)cc2)cc1F. The summed E-state index contributed by atoms with van der Waals surface area (Å²) in [4.78, 5) is 4.74. The summed E-state index contributed by atoms with van der Waals surface area (Å²) >= 11 is 6.67. The molecule has 0 atom stereocenters. The summed E-state index contributed by atoms with van der Waals surface area (Å²) in [5.74, 6) is 0.593. The van der Waals surface area contributed by atoms with Crippen molar-refractivity contribution in [1.29, 1.82) is 0 Å². The number of hydroxylamine groups is 2. The maximum atomic E-state index is 14.5. The second-order valence-electron chi connectivity index (χ2n) is 8.53. The van der Waals surface area contributed by atoms with Gasteiger partial charge in [-0.1, -0.05) is 24.0 Å². The number of nitrogens with two attached hydrogens (primary N) is 1. The zero-order valence-electron chi connectivity index (χ0n) is 19.7. The van der Waals surface area contributed by atoms with Gasteiger partial charge in [-0.25, -0.2) is 28.0 Å². The number of rotatable bonds is 6. The third-order valence-corrected chi connectivity index (χ3v) is 8.82. The topological polar surface area (TPSA) is 119 Å². The summed E-state index contributed by atoms with van der Waals surface area (Å²) in [6.45, 7) is 0. The number of hydrogen-bond donors (Lipinski definition) is 2. The Kier molecular flexibility index (Phi) is 8.00. The van der Waals surface area contributed by atoms with E-state index in [0.717, 1.165) is 30.7 Å². The molecular formula is C24H26FN3O5S3. The van der Waals surface area contributed by atoms with Crippen LogP contribution in [0, 0.1) is 5.82 Å². The van der Waals surface area contributed by atoms with Gasteiger partial charge in [-0.05, 0) is 68.1 Å². The minimum atomic E-state index is -3.85. The van der Waals surface area contributed by atoms with Crippen LogP contribution < -0.4 is 9.88 Å². The Hall–Kier alpha value is -2.51. The van der Waals surface area contributed by atoms with Crippen LogP contribution in [0.3, 0.4) is 0 Å². The van der Waals surface area contributed by atoms with Gasteiger partial charge >= 0.3 is 0 Å². The number of hydrogen-bond acceptors (Lipinski definition) is 8. The quantitative estimate of drug-likeness (QED) is 0.316. The van der Waals surface area contributed by atoms with Crippen molar-refractivity contribution in [1.82, 2.24) is 10.0 Å². The van der Waals surface area contributed by atoms with Gasteiger partial charge < -0.3 is 9.15 Å². The number of primary sulfonamides is 1. The average molecular weight is 552 g/mol. The first-order valence-corrected chi connectivity index (χ1v) is 14.0. The average Bonchev–Trinajstić information content (AvgIpc) is 3.29. The molecule has 8 nitrogen and oxygen atoms in total. The van der Waals surface area contributed by atoms with E-state index in [1.165, 1.54) is 50.2 Å². The Labute approximate surface area is 218 Å². The Morgan fingerprint density at radius 2 is 1.83 bits per heavy atom. The van der Waals surface area contributed by atoms with Crippen LogP contribution in [0.15, 0.2) is 51.8 Å². The molecule has 1 aliphatic carbocycles. The van der Waals surface area contributed by atoms with Crippen molar-refractivity contribution in [2.45, 2.75) is 41.7 Å². The molecule has 36 heavy (non-hydrogen) atoms. The molecule has 1 saturated carbocycles. The minimum Gasteiger partial charge on any atom is -0.494 e. The zero-order chi connectivity index (χ0) is 26.0. The normalized spacial score (nSPS) is 18.1. The highest BCUT2D eigenvalue weighted by Crippen LogP contribution is 2.42. The van der Waals surface area contributed by atoms with Gasteiger partial charge in [0.2, 0.25) is 10.0 Å². The van der Waals surface area contributed by atoms with E-state index >= 15 is 0 Å². The fourth-order valence-corrected chi connectivity index (χ4v) is 6.03. The van der Waals surface area contributed by atoms with E-state index in [0.29, 0.717) is 38.0 Å². The molecule has 1 aliphatic rings. The van der Waals surface area contributed by atoms with E-state index in [-0.39, 0.29) is 16.6 Å². The number of thioether (sulfide) groups is 1. The van der Waals surface area contributed by atoms with Crippen LogP contribution in [0.25, 0.3) is 22.6 Å². The van der Waals surface area contributed by atoms with Crippen LogP contribution in [0.2, 0.25) is 0 Å². The van der Waals surface area contributed by atoms with Crippen molar-refractivity contribution in [2.75, 3.05) is 14.2 Å². The van der Waals surface area contributed by atoms with Gasteiger partial charge in [0.15, 0.2) is 27.5 Å². The van der Waals surface area contributed by atoms with E-state index in [4.69, 9.17) is 31.5 Å². The standard InChI is InChI=1S/C24H26FN3O5S3/c1-28(29)24(34)35-17-8-3-15(4-9-17)23-27-21(16-7-12-20(32-2)19(25)13-16)22(33-23)14-5-10-18(11-6-14)36(26,30)31/h5-7,10-13,15,17,29H,3-4,8-9H2,1-2H3,(H2,26,30,31). The van der Waals surface area contributed by atoms with Crippen LogP contribution in [0.5, 0.6) is 5.75 Å². The highest BCUT2D eigenvalue weighted by atomic mass is 32.2. The number of halogens is 1. The molecule has 1 fully saturated rings. The summed E-state index contributed by atoms with van der Waals surface area (Å²) in [5, 5.41) is 16.0. The first-order valence-electron chi connectivity index (χ1n) is 11.2. The number of thiocarbonyl (C=S) groups is 1. The number of ether oxygens (including phenoxy) is 1. The number of methoxy groups -OCH3 is 1. The predicted octanol–water partition coefficient (Wildman–Crippen LogP) is 5.17. The first-order chi connectivity index (χ1) is 17.1. The fraction of sp³-hybridized carbons (Fsp3) is 0.333. The Bertz CT molecular complexity index is 1350. The zero-order valence-corrected chi connectivity index (χ0v) is 22.1. The summed E-state index contributed by atoms with van der Waals surface area (Å²) in [6.07, 6.45) is 3.37. The van der Waals surface area contributed by atoms with Crippen molar-refractivity contribution in [3.8, 4) is 28.3 Å². The smallest absolute Gasteiger partial charge is 0.238 e. The maximum absolute atomic E-state index is 14.5. The Morgan fingerprint density at radius 3 is 2.39 bits per heavy atom. The predicted molar refractivity (Wildman–Crippen MR) is 140 cm³/mol. The molecule has 0 saturated heterocycles. The molecule has 1 aromatic heterocycles. The molecule has 12 heteroatoms. The highest BCUT2D eigenvalue weighted by Gasteiger charge is 2.29. The number of nitrogens with zero attached hydrogens (tertiary/aromatic N) is 2. The van der Waals surface area contributed by atoms with E-state index in [2.05, 4.69) is 0 Å². The lowest BCUT2D eigenvalue weighted by Gasteiger charge is -2.27. The van der Waals surface area contributed by atoms with Gasteiger partial charge in [-0.15, -0.1) is 0 Å². The molecule has 0 bridgehead atoms. The van der Waals surface area contributed by atoms with E-state index < -0.39 is 15.8 Å². The fourth-order valence-electron chi connectivity index (χ4n) is 4.16. The lowest BCUT2D eigenvalue weighted by Crippen LogP contribution is -2.23. The molecule has 0 unspecified atom stereocenters. The van der Waals surface area contributed by atoms with Gasteiger partial charge in [-0.3, -0.25) is 5.21 Å². The van der Waals surface area contributed by atoms with E-state index in [1.54, 1.807) is 18.2 Å². The molecule has 2 aromatic carbocycles. The second-order valence-corrected chi connectivity index (χ2v) is 12.0. The van der Waals surface area contributed by atoms with Crippen molar-refractivity contribution < 1.29 is 27.2 Å². The number of oxazole rings is 1. The summed E-state index contributed by atoms with van der Waals surface area (Å²) in [7, 11) is -0.946. The summed E-state index contributed by atoms with van der Waals surface area (Å²) in [5.41, 5.74) is 1.55. The highest BCUT2D eigenvalue weighted by molar-refractivity contribution is 8.23. The first kappa shape index (κ1) is 26.6. The van der Waals surface area contributed by atoms with Crippen molar-refractivity contribution in [3.63, 3.8) is 0 Å². The van der Waals surface area contributed by atoms with E-state index in [1.807, 2.05) is 0 Å². The van der Waals surface area contributed by atoms with Gasteiger partial charge in [0.25, 0.3) is 0 Å². The molecule has 0 radical (unpaired) electrons. The molecule has 1 heterocycles. The number of aromatic nitrogens is 1. The van der Waals surface area contributed by atoms with E-state index in [9.17, 15) is 18.0 Å². The van der Waals surface area contributed by atoms with Gasteiger partial charge in [0.1, 0.15) is 5.69 Å². The summed E-state index contributed by atoms with van der Waals surface area (Å²) < 4.78 is 49.6. The molecule has 3 N–H and O–H groups in total. The Balaban J connectivity index is 1.66. The number of benzene rings is 2. The number of sulfonamides is 1. The monoisotopic (exact) mass is 551 g/mol. The van der Waals surface area contributed by atoms with Crippen molar-refractivity contribution in [3.05, 3.63) is 54.2 Å². The third kappa shape index (κ3) is 5.89. The molecule has 0 amide bonds. The van der Waals surface area contributed by atoms with Crippen LogP contribution in [0.1, 0.15) is 37.5 Å². The van der Waals surface area contributed by atoms with Gasteiger partial charge in [-0.2, -0.15) is 0 Å². The molecule has 0 aliphatic heterocycles. The lowest BCUT2D eigenvalue weighted by atomic mass is 9.89. The Morgan fingerprint density at radius 1 is 1.19 bits per heavy atom. The van der Waals surface area contributed by atoms with Crippen molar-refractivity contribution >= 4 is 38.3 Å². The second kappa shape index (κ2) is 10.9.